The van der Waals surface area contributed by atoms with Gasteiger partial charge in [0.05, 0.1) is 6.54 Å². The monoisotopic (exact) mass is 303 g/mol. The highest BCUT2D eigenvalue weighted by Gasteiger charge is 2.36. The zero-order valence-electron chi connectivity index (χ0n) is 13.1. The van der Waals surface area contributed by atoms with Crippen molar-refractivity contribution in [2.75, 3.05) is 32.7 Å². The van der Waals surface area contributed by atoms with Gasteiger partial charge in [-0.05, 0) is 43.7 Å². The van der Waals surface area contributed by atoms with E-state index in [0.29, 0.717) is 24.4 Å². The van der Waals surface area contributed by atoms with Crippen LogP contribution in [0.3, 0.4) is 0 Å². The molecule has 1 atom stereocenters. The average molecular weight is 304 g/mol. The number of amides is 1. The maximum Gasteiger partial charge on any atom is 0.237 e. The summed E-state index contributed by atoms with van der Waals surface area (Å²) in [5.74, 6) is 0.870. The largest absolute Gasteiger partial charge is 0.338 e. The van der Waals surface area contributed by atoms with Crippen molar-refractivity contribution >= 4 is 18.3 Å². The number of hydrogen-bond acceptors (Lipinski definition) is 3. The fraction of sp³-hybridized carbons (Fsp3) is 0.933. The van der Waals surface area contributed by atoms with Gasteiger partial charge in [-0.15, -0.1) is 12.4 Å². The molecular weight excluding hydrogens is 274 g/mol. The van der Waals surface area contributed by atoms with Crippen LogP contribution in [0.2, 0.25) is 0 Å². The van der Waals surface area contributed by atoms with Crippen molar-refractivity contribution in [1.29, 1.82) is 0 Å². The first kappa shape index (κ1) is 17.7. The minimum absolute atomic E-state index is 0. The third-order valence-electron chi connectivity index (χ3n) is 4.36. The molecule has 118 valence electrons. The van der Waals surface area contributed by atoms with E-state index in [2.05, 4.69) is 30.6 Å². The molecule has 5 heteroatoms. The first-order chi connectivity index (χ1) is 8.93. The van der Waals surface area contributed by atoms with E-state index >= 15 is 0 Å². The summed E-state index contributed by atoms with van der Waals surface area (Å²) in [5, 5.41) is 0. The number of rotatable bonds is 6. The fourth-order valence-corrected chi connectivity index (χ4v) is 2.94. The molecule has 0 aromatic carbocycles. The summed E-state index contributed by atoms with van der Waals surface area (Å²) in [6.45, 7) is 10.8. The number of hydrogen-bond donors (Lipinski definition) is 1. The van der Waals surface area contributed by atoms with Gasteiger partial charge in [0.25, 0.3) is 0 Å². The van der Waals surface area contributed by atoms with E-state index < -0.39 is 0 Å². The minimum atomic E-state index is 0. The number of carbonyl (C=O) groups excluding carboxylic acids is 1. The lowest BCUT2D eigenvalue weighted by atomic mass is 9.90. The Balaban J connectivity index is 0.00000200. The van der Waals surface area contributed by atoms with Crippen LogP contribution in [0.5, 0.6) is 0 Å². The first-order valence-electron chi connectivity index (χ1n) is 7.65. The molecule has 1 saturated carbocycles. The van der Waals surface area contributed by atoms with Crippen molar-refractivity contribution in [3.8, 4) is 0 Å². The second-order valence-electron chi connectivity index (χ2n) is 7.15. The molecular formula is C15H30ClN3O. The summed E-state index contributed by atoms with van der Waals surface area (Å²) in [4.78, 5) is 16.9. The molecule has 2 aliphatic rings. The molecule has 1 saturated heterocycles. The minimum Gasteiger partial charge on any atom is -0.338 e. The highest BCUT2D eigenvalue weighted by atomic mass is 35.5. The van der Waals surface area contributed by atoms with Gasteiger partial charge in [0.2, 0.25) is 5.91 Å². The molecule has 1 unspecified atom stereocenters. The highest BCUT2D eigenvalue weighted by molar-refractivity contribution is 5.85. The zero-order chi connectivity index (χ0) is 14.0. The Morgan fingerprint density at radius 3 is 2.55 bits per heavy atom. The number of nitrogens with zero attached hydrogens (tertiary/aromatic N) is 2. The molecule has 20 heavy (non-hydrogen) atoms. The molecule has 2 N–H and O–H groups in total. The fourth-order valence-electron chi connectivity index (χ4n) is 2.94. The zero-order valence-corrected chi connectivity index (χ0v) is 13.9. The molecule has 0 aromatic rings. The molecule has 1 amide bonds. The second-order valence-corrected chi connectivity index (χ2v) is 7.15. The van der Waals surface area contributed by atoms with Gasteiger partial charge in [0, 0.05) is 19.1 Å². The number of carbonyl (C=O) groups is 1. The van der Waals surface area contributed by atoms with Crippen LogP contribution in [-0.2, 0) is 4.79 Å². The summed E-state index contributed by atoms with van der Waals surface area (Å²) in [6, 6.07) is 0.526. The van der Waals surface area contributed by atoms with Crippen LogP contribution in [0.25, 0.3) is 0 Å². The van der Waals surface area contributed by atoms with Crippen LogP contribution in [0.4, 0.5) is 0 Å². The van der Waals surface area contributed by atoms with Crippen LogP contribution in [-0.4, -0.2) is 54.5 Å². The molecule has 1 aliphatic heterocycles. The predicted octanol–water partition coefficient (Wildman–Crippen LogP) is 1.73. The van der Waals surface area contributed by atoms with E-state index in [1.54, 1.807) is 0 Å². The van der Waals surface area contributed by atoms with E-state index in [1.807, 2.05) is 0 Å². The molecule has 1 heterocycles. The van der Waals surface area contributed by atoms with Crippen molar-refractivity contribution in [1.82, 2.24) is 9.80 Å². The van der Waals surface area contributed by atoms with Gasteiger partial charge in [-0.2, -0.15) is 0 Å². The molecule has 0 radical (unpaired) electrons. The van der Waals surface area contributed by atoms with Crippen molar-refractivity contribution in [3.63, 3.8) is 0 Å². The van der Waals surface area contributed by atoms with Crippen molar-refractivity contribution in [2.45, 2.75) is 46.1 Å². The van der Waals surface area contributed by atoms with E-state index in [9.17, 15) is 4.79 Å². The summed E-state index contributed by atoms with van der Waals surface area (Å²) >= 11 is 0. The lowest BCUT2D eigenvalue weighted by molar-refractivity contribution is -0.133. The lowest BCUT2D eigenvalue weighted by Gasteiger charge is -2.28. The quantitative estimate of drug-likeness (QED) is 0.813. The number of nitrogens with two attached hydrogens (primary N) is 1. The van der Waals surface area contributed by atoms with E-state index in [0.717, 1.165) is 32.6 Å². The van der Waals surface area contributed by atoms with E-state index in [1.165, 1.54) is 12.8 Å². The normalized spacial score (nSPS) is 26.6. The summed E-state index contributed by atoms with van der Waals surface area (Å²) < 4.78 is 0. The van der Waals surface area contributed by atoms with Gasteiger partial charge in [-0.3, -0.25) is 9.69 Å². The molecule has 2 rings (SSSR count). The van der Waals surface area contributed by atoms with Gasteiger partial charge < -0.3 is 10.6 Å². The van der Waals surface area contributed by atoms with Gasteiger partial charge in [-0.1, -0.05) is 20.8 Å². The van der Waals surface area contributed by atoms with E-state index in [-0.39, 0.29) is 17.8 Å². The van der Waals surface area contributed by atoms with Crippen LogP contribution in [0.15, 0.2) is 0 Å². The van der Waals surface area contributed by atoms with Gasteiger partial charge in [-0.25, -0.2) is 0 Å². The summed E-state index contributed by atoms with van der Waals surface area (Å²) in [5.41, 5.74) is 6.03. The van der Waals surface area contributed by atoms with Gasteiger partial charge in [0.1, 0.15) is 0 Å². The number of halogens is 1. The lowest BCUT2D eigenvalue weighted by Crippen LogP contribution is -2.43. The molecule has 0 bridgehead atoms. The van der Waals surface area contributed by atoms with Gasteiger partial charge in [0.15, 0.2) is 0 Å². The van der Waals surface area contributed by atoms with Crippen LogP contribution in [0.1, 0.15) is 40.0 Å². The Kier molecular flexibility index (Phi) is 6.29. The molecule has 1 aliphatic carbocycles. The standard InChI is InChI=1S/C15H29N3O.ClH/c1-12(2)8-18(13-4-5-13)14(19)9-17-7-6-15(3,10-16)11-17;/h12-13H,4-11,16H2,1-3H3;1H. The summed E-state index contributed by atoms with van der Waals surface area (Å²) in [7, 11) is 0. The number of likely N-dealkylation sites (tertiary alicyclic amines) is 1. The Morgan fingerprint density at radius 2 is 2.10 bits per heavy atom. The Labute approximate surface area is 129 Å². The van der Waals surface area contributed by atoms with Gasteiger partial charge >= 0.3 is 0 Å². The maximum absolute atomic E-state index is 12.5. The van der Waals surface area contributed by atoms with Crippen molar-refractivity contribution in [3.05, 3.63) is 0 Å². The van der Waals surface area contributed by atoms with E-state index in [4.69, 9.17) is 5.73 Å². The highest BCUT2D eigenvalue weighted by Crippen LogP contribution is 2.30. The maximum atomic E-state index is 12.5. The third-order valence-corrected chi connectivity index (χ3v) is 4.36. The second kappa shape index (κ2) is 7.10. The Hall–Kier alpha value is -0.320. The van der Waals surface area contributed by atoms with Crippen LogP contribution >= 0.6 is 12.4 Å². The molecule has 2 fully saturated rings. The Bertz CT molecular complexity index is 333. The smallest absolute Gasteiger partial charge is 0.237 e. The molecule has 4 nitrogen and oxygen atoms in total. The van der Waals surface area contributed by atoms with Crippen molar-refractivity contribution < 1.29 is 4.79 Å². The molecule has 0 spiro atoms. The first-order valence-corrected chi connectivity index (χ1v) is 7.65. The van der Waals surface area contributed by atoms with Crippen LogP contribution in [0, 0.1) is 11.3 Å². The third kappa shape index (κ3) is 4.61. The summed E-state index contributed by atoms with van der Waals surface area (Å²) in [6.07, 6.45) is 3.50. The Morgan fingerprint density at radius 1 is 1.45 bits per heavy atom. The van der Waals surface area contributed by atoms with Crippen LogP contribution < -0.4 is 5.73 Å². The topological polar surface area (TPSA) is 49.6 Å². The van der Waals surface area contributed by atoms with Crippen molar-refractivity contribution in [2.24, 2.45) is 17.1 Å². The molecule has 0 aromatic heterocycles. The predicted molar refractivity (Wildman–Crippen MR) is 85.0 cm³/mol. The SMILES string of the molecule is CC(C)CN(C(=O)CN1CCC(C)(CN)C1)C1CC1.Cl. The average Bonchev–Trinajstić information content (AvgIpc) is 3.11.